The highest BCUT2D eigenvalue weighted by molar-refractivity contribution is 6.03. The second-order valence-electron chi connectivity index (χ2n) is 9.92. The first-order valence-electron chi connectivity index (χ1n) is 11.5. The number of benzene rings is 2. The topological polar surface area (TPSA) is 71.3 Å². The molecule has 2 aromatic rings. The Balaban J connectivity index is 1.50. The van der Waals surface area contributed by atoms with Crippen LogP contribution >= 0.6 is 0 Å². The standard InChI is InChI=1S/C26H29F2NO4/c1-26-6-5-17-18-12-24(32-2)23(30)11-20(18)22(10-19(17)21(26)3-4-25(26)31)29-33-13-14-7-15(27)9-16(28)8-14/h7-9,11-12,17,19,21,25,30-31H,3-6,10,13H2,1-2H3/b29-22+/t17-,19-,21+,25+,26+/m1/s1. The summed E-state index contributed by atoms with van der Waals surface area (Å²) in [6.07, 6.45) is 4.06. The van der Waals surface area contributed by atoms with Crippen LogP contribution in [0.3, 0.4) is 0 Å². The summed E-state index contributed by atoms with van der Waals surface area (Å²) in [6.45, 7) is 2.13. The zero-order chi connectivity index (χ0) is 23.3. The molecule has 0 bridgehead atoms. The fourth-order valence-electron chi connectivity index (χ4n) is 6.53. The molecule has 33 heavy (non-hydrogen) atoms. The molecule has 0 saturated heterocycles. The molecule has 176 valence electrons. The Bertz CT molecular complexity index is 1080. The average Bonchev–Trinajstić information content (AvgIpc) is 3.07. The van der Waals surface area contributed by atoms with Crippen LogP contribution in [0.25, 0.3) is 0 Å². The van der Waals surface area contributed by atoms with Crippen LogP contribution in [0.5, 0.6) is 11.5 Å². The second-order valence-corrected chi connectivity index (χ2v) is 9.92. The first-order valence-corrected chi connectivity index (χ1v) is 11.5. The quantitative estimate of drug-likeness (QED) is 0.614. The average molecular weight is 458 g/mol. The van der Waals surface area contributed by atoms with Gasteiger partial charge in [-0.3, -0.25) is 0 Å². The van der Waals surface area contributed by atoms with E-state index in [0.29, 0.717) is 29.4 Å². The molecule has 5 rings (SSSR count). The first-order chi connectivity index (χ1) is 15.8. The Morgan fingerprint density at radius 2 is 1.85 bits per heavy atom. The lowest BCUT2D eigenvalue weighted by Crippen LogP contribution is -2.45. The summed E-state index contributed by atoms with van der Waals surface area (Å²) in [5.41, 5.74) is 2.84. The lowest BCUT2D eigenvalue weighted by atomic mass is 9.55. The Hall–Kier alpha value is -2.67. The molecule has 5 atom stereocenters. The van der Waals surface area contributed by atoms with Gasteiger partial charge in [0.1, 0.15) is 18.2 Å². The van der Waals surface area contributed by atoms with Crippen LogP contribution in [-0.2, 0) is 11.4 Å². The van der Waals surface area contributed by atoms with Gasteiger partial charge < -0.3 is 19.8 Å². The predicted octanol–water partition coefficient (Wildman–Crippen LogP) is 5.27. The van der Waals surface area contributed by atoms with Crippen LogP contribution in [0.2, 0.25) is 0 Å². The minimum atomic E-state index is -0.662. The maximum atomic E-state index is 13.5. The largest absolute Gasteiger partial charge is 0.504 e. The van der Waals surface area contributed by atoms with E-state index in [0.717, 1.165) is 42.9 Å². The van der Waals surface area contributed by atoms with E-state index in [-0.39, 0.29) is 35.7 Å². The van der Waals surface area contributed by atoms with Crippen molar-refractivity contribution < 1.29 is 28.6 Å². The van der Waals surface area contributed by atoms with Crippen molar-refractivity contribution in [1.82, 2.24) is 0 Å². The van der Waals surface area contributed by atoms with Gasteiger partial charge in [-0.1, -0.05) is 12.1 Å². The number of phenols is 1. The summed E-state index contributed by atoms with van der Waals surface area (Å²) in [4.78, 5) is 5.55. The van der Waals surface area contributed by atoms with Gasteiger partial charge >= 0.3 is 0 Å². The summed E-state index contributed by atoms with van der Waals surface area (Å²) in [5, 5.41) is 25.5. The molecule has 0 radical (unpaired) electrons. The summed E-state index contributed by atoms with van der Waals surface area (Å²) < 4.78 is 32.4. The fourth-order valence-corrected chi connectivity index (χ4v) is 6.53. The molecule has 0 aromatic heterocycles. The monoisotopic (exact) mass is 457 g/mol. The number of hydrogen-bond donors (Lipinski definition) is 2. The van der Waals surface area contributed by atoms with Crippen molar-refractivity contribution in [3.63, 3.8) is 0 Å². The van der Waals surface area contributed by atoms with Crippen molar-refractivity contribution >= 4 is 5.71 Å². The molecular formula is C26H29F2NO4. The first kappa shape index (κ1) is 22.1. The second kappa shape index (κ2) is 8.28. The number of aliphatic hydroxyl groups excluding tert-OH is 1. The smallest absolute Gasteiger partial charge is 0.160 e. The molecule has 7 heteroatoms. The van der Waals surface area contributed by atoms with E-state index >= 15 is 0 Å². The summed E-state index contributed by atoms with van der Waals surface area (Å²) in [6, 6.07) is 6.83. The molecular weight excluding hydrogens is 428 g/mol. The Morgan fingerprint density at radius 1 is 1.09 bits per heavy atom. The van der Waals surface area contributed by atoms with Gasteiger partial charge in [-0.2, -0.15) is 0 Å². The number of fused-ring (bicyclic) bond motifs is 5. The Morgan fingerprint density at radius 3 is 2.58 bits per heavy atom. The van der Waals surface area contributed by atoms with Crippen LogP contribution in [0.4, 0.5) is 8.78 Å². The number of nitrogens with zero attached hydrogens (tertiary/aromatic N) is 1. The maximum absolute atomic E-state index is 13.5. The molecule has 0 aliphatic heterocycles. The number of halogens is 2. The number of ether oxygens (including phenoxy) is 1. The molecule has 2 saturated carbocycles. The van der Waals surface area contributed by atoms with Gasteiger partial charge in [0.05, 0.1) is 18.9 Å². The van der Waals surface area contributed by atoms with E-state index in [4.69, 9.17) is 9.57 Å². The van der Waals surface area contributed by atoms with Gasteiger partial charge in [-0.05, 0) is 90.7 Å². The molecule has 5 nitrogen and oxygen atoms in total. The van der Waals surface area contributed by atoms with Crippen LogP contribution in [0, 0.1) is 28.9 Å². The SMILES string of the molecule is COc1cc2c(cc1O)/C(=N/OCc1cc(F)cc(F)c1)C[C@@H]1[C@@H]2CC[C@]2(C)[C@@H](O)CC[C@@H]12. The van der Waals surface area contributed by atoms with E-state index in [1.54, 1.807) is 6.07 Å². The molecule has 0 heterocycles. The van der Waals surface area contributed by atoms with E-state index in [2.05, 4.69) is 12.1 Å². The summed E-state index contributed by atoms with van der Waals surface area (Å²) in [7, 11) is 1.53. The third-order valence-electron chi connectivity index (χ3n) is 8.21. The number of methoxy groups -OCH3 is 1. The van der Waals surface area contributed by atoms with Crippen molar-refractivity contribution in [3.05, 3.63) is 58.7 Å². The van der Waals surface area contributed by atoms with Crippen molar-refractivity contribution in [2.24, 2.45) is 22.4 Å². The van der Waals surface area contributed by atoms with Crippen LogP contribution < -0.4 is 4.74 Å². The molecule has 3 aliphatic carbocycles. The highest BCUT2D eigenvalue weighted by Gasteiger charge is 2.55. The highest BCUT2D eigenvalue weighted by atomic mass is 19.1. The molecule has 2 N–H and O–H groups in total. The van der Waals surface area contributed by atoms with Crippen molar-refractivity contribution in [2.75, 3.05) is 7.11 Å². The van der Waals surface area contributed by atoms with Crippen LogP contribution in [0.1, 0.15) is 61.6 Å². The van der Waals surface area contributed by atoms with E-state index in [9.17, 15) is 19.0 Å². The number of aromatic hydroxyl groups is 1. The Labute approximate surface area is 192 Å². The molecule has 0 unspecified atom stereocenters. The molecule has 0 amide bonds. The van der Waals surface area contributed by atoms with E-state index in [1.807, 2.05) is 6.07 Å². The Kier molecular flexibility index (Phi) is 5.55. The molecule has 2 aromatic carbocycles. The number of phenolic OH excluding ortho intramolecular Hbond substituents is 1. The molecule has 3 aliphatic rings. The van der Waals surface area contributed by atoms with Gasteiger partial charge in [0, 0.05) is 11.6 Å². The van der Waals surface area contributed by atoms with Gasteiger partial charge in [-0.15, -0.1) is 0 Å². The van der Waals surface area contributed by atoms with Gasteiger partial charge in [0.2, 0.25) is 0 Å². The zero-order valence-electron chi connectivity index (χ0n) is 18.9. The minimum absolute atomic E-state index is 0.0338. The number of hydrogen-bond acceptors (Lipinski definition) is 5. The predicted molar refractivity (Wildman–Crippen MR) is 119 cm³/mol. The van der Waals surface area contributed by atoms with E-state index < -0.39 is 11.6 Å². The minimum Gasteiger partial charge on any atom is -0.504 e. The lowest BCUT2D eigenvalue weighted by molar-refractivity contribution is -0.0180. The van der Waals surface area contributed by atoms with Crippen molar-refractivity contribution in [3.8, 4) is 11.5 Å². The highest BCUT2D eigenvalue weighted by Crippen LogP contribution is 2.61. The number of oxime groups is 1. The fraction of sp³-hybridized carbons (Fsp3) is 0.500. The summed E-state index contributed by atoms with van der Waals surface area (Å²) >= 11 is 0. The number of rotatable bonds is 4. The third-order valence-corrected chi connectivity index (χ3v) is 8.21. The van der Waals surface area contributed by atoms with Gasteiger partial charge in [0.25, 0.3) is 0 Å². The van der Waals surface area contributed by atoms with Crippen LogP contribution in [0.15, 0.2) is 35.5 Å². The van der Waals surface area contributed by atoms with Crippen molar-refractivity contribution in [2.45, 2.75) is 57.7 Å². The number of aliphatic hydroxyl groups is 1. The third kappa shape index (κ3) is 3.76. The molecule has 0 spiro atoms. The normalized spacial score (nSPS) is 31.6. The lowest BCUT2D eigenvalue weighted by Gasteiger charge is -2.50. The summed E-state index contributed by atoms with van der Waals surface area (Å²) in [5.74, 6) is 0.0690. The zero-order valence-corrected chi connectivity index (χ0v) is 18.9. The maximum Gasteiger partial charge on any atom is 0.160 e. The van der Waals surface area contributed by atoms with Gasteiger partial charge in [-0.25, -0.2) is 8.78 Å². The molecule has 2 fully saturated rings. The van der Waals surface area contributed by atoms with Crippen molar-refractivity contribution in [1.29, 1.82) is 0 Å². The van der Waals surface area contributed by atoms with Gasteiger partial charge in [0.15, 0.2) is 11.5 Å². The van der Waals surface area contributed by atoms with Crippen LogP contribution in [-0.4, -0.2) is 29.1 Å². The van der Waals surface area contributed by atoms with E-state index in [1.165, 1.54) is 19.2 Å².